The van der Waals surface area contributed by atoms with Gasteiger partial charge in [-0.15, -0.1) is 0 Å². The van der Waals surface area contributed by atoms with E-state index in [-0.39, 0.29) is 42.6 Å². The fourth-order valence-corrected chi connectivity index (χ4v) is 6.39. The van der Waals surface area contributed by atoms with Gasteiger partial charge in [0.15, 0.2) is 0 Å². The summed E-state index contributed by atoms with van der Waals surface area (Å²) in [5.74, 6) is -1.65. The average molecular weight is 665 g/mol. The van der Waals surface area contributed by atoms with Gasteiger partial charge >= 0.3 is 0 Å². The number of thioether (sulfide) groups is 1. The summed E-state index contributed by atoms with van der Waals surface area (Å²) < 4.78 is 28.9. The minimum absolute atomic E-state index is 0.0117. The third-order valence-electron chi connectivity index (χ3n) is 7.37. The van der Waals surface area contributed by atoms with Crippen molar-refractivity contribution in [2.24, 2.45) is 11.8 Å². The van der Waals surface area contributed by atoms with Crippen LogP contribution in [0.5, 0.6) is 0 Å². The average Bonchev–Trinajstić information content (AvgIpc) is 3.01. The summed E-state index contributed by atoms with van der Waals surface area (Å²) in [7, 11) is -4.08. The van der Waals surface area contributed by atoms with Gasteiger partial charge in [0.25, 0.3) is 0 Å². The Bertz CT molecular complexity index is 1320. The maximum absolute atomic E-state index is 13.6. The van der Waals surface area contributed by atoms with Crippen LogP contribution in [0.3, 0.4) is 0 Å². The molecule has 0 fully saturated rings. The molecule has 0 aliphatic heterocycles. The zero-order valence-electron chi connectivity index (χ0n) is 26.7. The second kappa shape index (κ2) is 18.9. The number of amides is 3. The Kier molecular flexibility index (Phi) is 16.0. The number of aliphatic hydroxyl groups is 2. The van der Waals surface area contributed by atoms with E-state index in [2.05, 4.69) is 20.7 Å². The van der Waals surface area contributed by atoms with Crippen LogP contribution in [-0.4, -0.2) is 79.1 Å². The van der Waals surface area contributed by atoms with Gasteiger partial charge in [0.2, 0.25) is 27.7 Å². The Morgan fingerprint density at radius 2 is 1.53 bits per heavy atom. The quantitative estimate of drug-likeness (QED) is 0.132. The first-order valence-corrected chi connectivity index (χ1v) is 18.0. The van der Waals surface area contributed by atoms with E-state index in [0.29, 0.717) is 17.9 Å². The van der Waals surface area contributed by atoms with Crippen LogP contribution in [0.15, 0.2) is 59.5 Å². The Morgan fingerprint density at radius 3 is 2.09 bits per heavy atom. The van der Waals surface area contributed by atoms with Gasteiger partial charge in [0, 0.05) is 12.5 Å². The predicted molar refractivity (Wildman–Crippen MR) is 177 cm³/mol. The number of aliphatic hydroxyl groups excluding tert-OH is 2. The zero-order valence-corrected chi connectivity index (χ0v) is 28.3. The first kappa shape index (κ1) is 38.2. The van der Waals surface area contributed by atoms with Crippen molar-refractivity contribution in [3.05, 3.63) is 65.7 Å². The van der Waals surface area contributed by atoms with Gasteiger partial charge in [-0.25, -0.2) is 8.42 Å². The summed E-state index contributed by atoms with van der Waals surface area (Å²) in [6.45, 7) is 7.30. The molecule has 0 unspecified atom stereocenters. The van der Waals surface area contributed by atoms with Gasteiger partial charge in [-0.2, -0.15) is 16.5 Å². The highest BCUT2D eigenvalue weighted by molar-refractivity contribution is 7.98. The van der Waals surface area contributed by atoms with Crippen molar-refractivity contribution < 1.29 is 33.0 Å². The molecule has 2 rings (SSSR count). The van der Waals surface area contributed by atoms with E-state index >= 15 is 0 Å². The fraction of sp³-hybridized carbons (Fsp3) is 0.531. The van der Waals surface area contributed by atoms with Crippen LogP contribution in [0.25, 0.3) is 0 Å². The summed E-state index contributed by atoms with van der Waals surface area (Å²) in [4.78, 5) is 39.1. The molecule has 45 heavy (non-hydrogen) atoms. The van der Waals surface area contributed by atoms with E-state index in [0.717, 1.165) is 5.56 Å². The molecule has 0 spiro atoms. The van der Waals surface area contributed by atoms with Crippen molar-refractivity contribution >= 4 is 39.5 Å². The van der Waals surface area contributed by atoms with Crippen molar-refractivity contribution in [3.8, 4) is 0 Å². The predicted octanol–water partition coefficient (Wildman–Crippen LogP) is 1.97. The summed E-state index contributed by atoms with van der Waals surface area (Å²) in [5, 5.41) is 29.0. The van der Waals surface area contributed by atoms with Crippen LogP contribution in [-0.2, 0) is 37.4 Å². The van der Waals surface area contributed by atoms with E-state index in [1.807, 2.05) is 50.4 Å². The highest BCUT2D eigenvalue weighted by atomic mass is 32.2. The molecule has 5 atom stereocenters. The lowest BCUT2D eigenvalue weighted by molar-refractivity contribution is -0.132. The summed E-state index contributed by atoms with van der Waals surface area (Å²) >= 11 is 1.46. The maximum atomic E-state index is 13.6. The van der Waals surface area contributed by atoms with Crippen molar-refractivity contribution in [3.63, 3.8) is 0 Å². The number of nitrogens with one attached hydrogen (secondary N) is 4. The molecule has 0 saturated heterocycles. The van der Waals surface area contributed by atoms with Gasteiger partial charge in [0.05, 0.1) is 23.6 Å². The van der Waals surface area contributed by atoms with Crippen molar-refractivity contribution in [2.45, 2.75) is 82.7 Å². The largest absolute Gasteiger partial charge is 0.392 e. The lowest BCUT2D eigenvalue weighted by Gasteiger charge is -2.29. The molecule has 0 aliphatic rings. The van der Waals surface area contributed by atoms with Crippen LogP contribution in [0, 0.1) is 11.8 Å². The summed E-state index contributed by atoms with van der Waals surface area (Å²) in [6.07, 6.45) is 1.11. The van der Waals surface area contributed by atoms with Crippen molar-refractivity contribution in [2.75, 3.05) is 18.6 Å². The molecule has 0 heterocycles. The standard InChI is InChI=1S/C32H48N4O7S2/c1-6-33-32(41)29(21(2)3)35-30(39)22(4)18-28(38)27(19-23-10-8-7-9-11-23)34-31(40)26(16-17-44-5)36-45(42,43)25-14-12-24(20-37)13-15-25/h7-15,21-22,26-29,36-38H,6,16-20H2,1-5H3,(H,33,41)(H,34,40)(H,35,39)/t22-,26+,27+,28+,29+/m1/s1. The summed E-state index contributed by atoms with van der Waals surface area (Å²) in [5.41, 5.74) is 1.38. The highest BCUT2D eigenvalue weighted by Crippen LogP contribution is 2.17. The molecule has 0 saturated carbocycles. The molecule has 2 aromatic carbocycles. The van der Waals surface area contributed by atoms with Crippen LogP contribution in [0.4, 0.5) is 0 Å². The molecule has 0 radical (unpaired) electrons. The molecule has 0 bridgehead atoms. The van der Waals surface area contributed by atoms with Gasteiger partial charge in [0.1, 0.15) is 12.1 Å². The van der Waals surface area contributed by atoms with Crippen LogP contribution < -0.4 is 20.7 Å². The lowest BCUT2D eigenvalue weighted by atomic mass is 9.92. The first-order valence-electron chi connectivity index (χ1n) is 15.1. The van der Waals surface area contributed by atoms with Gasteiger partial charge in [-0.1, -0.05) is 63.2 Å². The molecule has 3 amide bonds. The molecule has 0 aliphatic carbocycles. The maximum Gasteiger partial charge on any atom is 0.242 e. The minimum Gasteiger partial charge on any atom is -0.392 e. The molecular formula is C32H48N4O7S2. The van der Waals surface area contributed by atoms with Gasteiger partial charge in [-0.3, -0.25) is 14.4 Å². The Hall–Kier alpha value is -2.97. The van der Waals surface area contributed by atoms with Crippen LogP contribution in [0.1, 0.15) is 51.7 Å². The normalized spacial score (nSPS) is 15.0. The highest BCUT2D eigenvalue weighted by Gasteiger charge is 2.32. The molecule has 2 aromatic rings. The van der Waals surface area contributed by atoms with Crippen LogP contribution in [0.2, 0.25) is 0 Å². The molecular weight excluding hydrogens is 617 g/mol. The SMILES string of the molecule is CCNC(=O)[C@@H](NC(=O)[C@H](C)C[C@H](O)[C@H](Cc1ccccc1)NC(=O)[C@H](CCSC)NS(=O)(=O)c1ccc(CO)cc1)C(C)C. The van der Waals surface area contributed by atoms with E-state index in [1.165, 1.54) is 36.0 Å². The molecule has 13 heteroatoms. The molecule has 11 nitrogen and oxygen atoms in total. The second-order valence-electron chi connectivity index (χ2n) is 11.4. The first-order chi connectivity index (χ1) is 21.3. The third kappa shape index (κ3) is 12.4. The van der Waals surface area contributed by atoms with Crippen molar-refractivity contribution in [1.29, 1.82) is 0 Å². The van der Waals surface area contributed by atoms with E-state index in [9.17, 15) is 33.0 Å². The number of rotatable bonds is 19. The number of hydrogen-bond acceptors (Lipinski definition) is 8. The second-order valence-corrected chi connectivity index (χ2v) is 14.1. The van der Waals surface area contributed by atoms with E-state index < -0.39 is 52.0 Å². The number of carbonyl (C=O) groups excluding carboxylic acids is 3. The third-order valence-corrected chi connectivity index (χ3v) is 9.50. The number of carbonyl (C=O) groups is 3. The number of hydrogen-bond donors (Lipinski definition) is 6. The molecule has 6 N–H and O–H groups in total. The van der Waals surface area contributed by atoms with Crippen molar-refractivity contribution in [1.82, 2.24) is 20.7 Å². The summed E-state index contributed by atoms with van der Waals surface area (Å²) in [6, 6.07) is 12.2. The zero-order chi connectivity index (χ0) is 33.6. The number of sulfonamides is 1. The number of benzene rings is 2. The van der Waals surface area contributed by atoms with E-state index in [1.54, 1.807) is 13.8 Å². The topological polar surface area (TPSA) is 174 Å². The Morgan fingerprint density at radius 1 is 0.889 bits per heavy atom. The minimum atomic E-state index is -4.08. The van der Waals surface area contributed by atoms with Gasteiger partial charge < -0.3 is 26.2 Å². The van der Waals surface area contributed by atoms with E-state index in [4.69, 9.17) is 0 Å². The molecule has 250 valence electrons. The fourth-order valence-electron chi connectivity index (χ4n) is 4.69. The van der Waals surface area contributed by atoms with Crippen LogP contribution >= 0.6 is 11.8 Å². The Labute approximate surface area is 271 Å². The smallest absolute Gasteiger partial charge is 0.242 e. The lowest BCUT2D eigenvalue weighted by Crippen LogP contribution is -2.54. The van der Waals surface area contributed by atoms with Gasteiger partial charge in [-0.05, 0) is 67.4 Å². The Balaban J connectivity index is 2.25. The number of likely N-dealkylation sites (N-methyl/N-ethyl adjacent to an activating group) is 1. The molecule has 0 aromatic heterocycles. The monoisotopic (exact) mass is 664 g/mol.